The number of anilines is 1. The zero-order valence-electron chi connectivity index (χ0n) is 23.2. The van der Waals surface area contributed by atoms with Crippen molar-refractivity contribution < 1.29 is 28.6 Å². The third-order valence-electron chi connectivity index (χ3n) is 6.78. The molecule has 1 saturated heterocycles. The molecule has 10 heteroatoms. The first-order valence-electron chi connectivity index (χ1n) is 13.1. The van der Waals surface area contributed by atoms with E-state index in [1.54, 1.807) is 35.7 Å². The number of carbonyl (C=O) groups is 3. The number of aryl methyl sites for hydroxylation is 2. The molecule has 0 saturated carbocycles. The fourth-order valence-corrected chi connectivity index (χ4v) is 5.43. The van der Waals surface area contributed by atoms with Crippen LogP contribution in [-0.4, -0.2) is 57.7 Å². The lowest BCUT2D eigenvalue weighted by Crippen LogP contribution is -2.48. The second-order valence-corrected chi connectivity index (χ2v) is 10.6. The van der Waals surface area contributed by atoms with E-state index in [1.807, 2.05) is 32.0 Å². The van der Waals surface area contributed by atoms with E-state index in [9.17, 15) is 14.4 Å². The molecule has 1 aliphatic rings. The molecule has 4 rings (SSSR count). The molecule has 2 atom stereocenters. The van der Waals surface area contributed by atoms with Gasteiger partial charge in [0.05, 0.1) is 31.7 Å². The van der Waals surface area contributed by atoms with Crippen LogP contribution in [0.25, 0.3) is 0 Å². The highest BCUT2D eigenvalue weighted by atomic mass is 32.1. The molecule has 2 heterocycles. The lowest BCUT2D eigenvalue weighted by molar-refractivity contribution is -0.126. The van der Waals surface area contributed by atoms with Gasteiger partial charge in [0.25, 0.3) is 5.91 Å². The van der Waals surface area contributed by atoms with E-state index in [1.165, 1.54) is 30.5 Å². The first-order valence-corrected chi connectivity index (χ1v) is 14.0. The molecule has 1 fully saturated rings. The molecular weight excluding hydrogens is 530 g/mol. The molecule has 1 aromatic heterocycles. The van der Waals surface area contributed by atoms with E-state index in [4.69, 9.17) is 14.2 Å². The summed E-state index contributed by atoms with van der Waals surface area (Å²) in [4.78, 5) is 42.5. The van der Waals surface area contributed by atoms with E-state index in [0.717, 1.165) is 24.0 Å². The molecule has 1 aliphatic heterocycles. The van der Waals surface area contributed by atoms with Gasteiger partial charge in [-0.15, -0.1) is 11.3 Å². The van der Waals surface area contributed by atoms with Crippen molar-refractivity contribution in [3.63, 3.8) is 0 Å². The van der Waals surface area contributed by atoms with Gasteiger partial charge in [0.15, 0.2) is 11.5 Å². The minimum atomic E-state index is -1.06. The van der Waals surface area contributed by atoms with Gasteiger partial charge in [-0.2, -0.15) is 0 Å². The van der Waals surface area contributed by atoms with Crippen molar-refractivity contribution in [1.82, 2.24) is 10.6 Å². The fraction of sp³-hybridized carbons (Fsp3) is 0.367. The van der Waals surface area contributed by atoms with Crippen LogP contribution < -0.4 is 25.0 Å². The van der Waals surface area contributed by atoms with E-state index in [-0.39, 0.29) is 24.5 Å². The Bertz CT molecular complexity index is 1340. The second-order valence-electron chi connectivity index (χ2n) is 9.61. The van der Waals surface area contributed by atoms with Gasteiger partial charge in [-0.1, -0.05) is 29.8 Å². The molecule has 40 heavy (non-hydrogen) atoms. The average molecular weight is 566 g/mol. The maximum Gasteiger partial charge on any atom is 0.261 e. The van der Waals surface area contributed by atoms with Crippen LogP contribution in [0.3, 0.4) is 0 Å². The summed E-state index contributed by atoms with van der Waals surface area (Å²) in [5.74, 6) is -0.243. The maximum absolute atomic E-state index is 14.0. The molecule has 0 unspecified atom stereocenters. The number of benzene rings is 2. The summed E-state index contributed by atoms with van der Waals surface area (Å²) in [5, 5.41) is 7.51. The summed E-state index contributed by atoms with van der Waals surface area (Å²) in [6.07, 6.45) is 1.72. The summed E-state index contributed by atoms with van der Waals surface area (Å²) in [6, 6.07) is 13.2. The van der Waals surface area contributed by atoms with Crippen LogP contribution in [0.4, 0.5) is 5.69 Å². The smallest absolute Gasteiger partial charge is 0.261 e. The molecule has 0 aliphatic carbocycles. The topological polar surface area (TPSA) is 106 Å². The highest BCUT2D eigenvalue weighted by molar-refractivity contribution is 7.12. The summed E-state index contributed by atoms with van der Waals surface area (Å²) >= 11 is 1.29. The number of ether oxygens (including phenoxy) is 3. The van der Waals surface area contributed by atoms with Crippen LogP contribution in [0, 0.1) is 13.8 Å². The van der Waals surface area contributed by atoms with Crippen molar-refractivity contribution in [1.29, 1.82) is 0 Å². The molecule has 3 aromatic rings. The molecule has 0 spiro atoms. The van der Waals surface area contributed by atoms with Crippen molar-refractivity contribution in [2.45, 2.75) is 38.8 Å². The molecule has 0 bridgehead atoms. The zero-order valence-corrected chi connectivity index (χ0v) is 24.0. The predicted octanol–water partition coefficient (Wildman–Crippen LogP) is 4.18. The molecule has 2 aromatic carbocycles. The van der Waals surface area contributed by atoms with Crippen molar-refractivity contribution >= 4 is 34.7 Å². The van der Waals surface area contributed by atoms with Gasteiger partial charge in [-0.25, -0.2) is 0 Å². The SMILES string of the molecule is COc1ccc([C@@H](C(=O)NC[C@H]2CCCO2)N(C(=O)CNC(=O)c2cccs2)c2ccc(C)cc2C)cc1OC. The Morgan fingerprint density at radius 3 is 2.50 bits per heavy atom. The van der Waals surface area contributed by atoms with Crippen molar-refractivity contribution in [2.75, 3.05) is 38.8 Å². The number of carbonyl (C=O) groups excluding carboxylic acids is 3. The van der Waals surface area contributed by atoms with Crippen molar-refractivity contribution in [3.05, 3.63) is 75.5 Å². The highest BCUT2D eigenvalue weighted by Gasteiger charge is 2.35. The minimum absolute atomic E-state index is 0.0784. The van der Waals surface area contributed by atoms with Gasteiger partial charge in [0.1, 0.15) is 6.04 Å². The molecule has 2 N–H and O–H groups in total. The van der Waals surface area contributed by atoms with Crippen LogP contribution in [0.5, 0.6) is 11.5 Å². The number of amides is 3. The number of thiophene rings is 1. The Kier molecular flexibility index (Phi) is 9.79. The largest absolute Gasteiger partial charge is 0.493 e. The van der Waals surface area contributed by atoms with Gasteiger partial charge in [0, 0.05) is 18.8 Å². The Morgan fingerprint density at radius 1 is 1.05 bits per heavy atom. The number of methoxy groups -OCH3 is 2. The van der Waals surface area contributed by atoms with Gasteiger partial charge in [-0.05, 0) is 67.5 Å². The Labute approximate surface area is 238 Å². The van der Waals surface area contributed by atoms with Crippen LogP contribution in [-0.2, 0) is 14.3 Å². The Hall–Kier alpha value is -3.89. The minimum Gasteiger partial charge on any atom is -0.493 e. The van der Waals surface area contributed by atoms with Crippen LogP contribution in [0.1, 0.15) is 45.2 Å². The zero-order chi connectivity index (χ0) is 28.6. The van der Waals surface area contributed by atoms with Crippen LogP contribution >= 0.6 is 11.3 Å². The van der Waals surface area contributed by atoms with E-state index in [0.29, 0.717) is 40.8 Å². The molecule has 9 nitrogen and oxygen atoms in total. The van der Waals surface area contributed by atoms with Crippen LogP contribution in [0.15, 0.2) is 53.9 Å². The standard InChI is InChI=1S/C30H35N3O6S/c1-19-9-11-23(20(2)15-19)33(27(34)18-32-29(35)26-8-6-14-40-26)28(30(36)31-17-22-7-5-13-39-22)21-10-12-24(37-3)25(16-21)38-4/h6,8-12,14-16,22,28H,5,7,13,17-18H2,1-4H3,(H,31,36)(H,32,35)/t22-,28+/m1/s1. The van der Waals surface area contributed by atoms with Crippen LogP contribution in [0.2, 0.25) is 0 Å². The fourth-order valence-electron chi connectivity index (χ4n) is 4.79. The number of nitrogens with zero attached hydrogens (tertiary/aromatic N) is 1. The predicted molar refractivity (Wildman–Crippen MR) is 154 cm³/mol. The van der Waals surface area contributed by atoms with Gasteiger partial charge < -0.3 is 24.8 Å². The molecule has 0 radical (unpaired) electrons. The quantitative estimate of drug-likeness (QED) is 0.361. The Balaban J connectivity index is 1.74. The van der Waals surface area contributed by atoms with Crippen molar-refractivity contribution in [3.8, 4) is 11.5 Å². The van der Waals surface area contributed by atoms with Gasteiger partial charge in [0.2, 0.25) is 11.8 Å². The van der Waals surface area contributed by atoms with E-state index >= 15 is 0 Å². The summed E-state index contributed by atoms with van der Waals surface area (Å²) < 4.78 is 16.6. The third-order valence-corrected chi connectivity index (χ3v) is 7.65. The van der Waals surface area contributed by atoms with Gasteiger partial charge >= 0.3 is 0 Å². The lowest BCUT2D eigenvalue weighted by atomic mass is 10.00. The number of nitrogens with one attached hydrogen (secondary N) is 2. The third kappa shape index (κ3) is 6.81. The van der Waals surface area contributed by atoms with E-state index in [2.05, 4.69) is 10.6 Å². The first kappa shape index (κ1) is 29.1. The molecule has 212 valence electrons. The number of rotatable bonds is 11. The lowest BCUT2D eigenvalue weighted by Gasteiger charge is -2.33. The maximum atomic E-state index is 14.0. The average Bonchev–Trinajstić information content (AvgIpc) is 3.68. The van der Waals surface area contributed by atoms with Gasteiger partial charge in [-0.3, -0.25) is 19.3 Å². The Morgan fingerprint density at radius 2 is 1.85 bits per heavy atom. The monoisotopic (exact) mass is 565 g/mol. The van der Waals surface area contributed by atoms with Crippen molar-refractivity contribution in [2.24, 2.45) is 0 Å². The molecular formula is C30H35N3O6S. The van der Waals surface area contributed by atoms with E-state index < -0.39 is 11.9 Å². The number of hydrogen-bond donors (Lipinski definition) is 2. The summed E-state index contributed by atoms with van der Waals surface area (Å²) in [7, 11) is 3.05. The number of hydrogen-bond acceptors (Lipinski definition) is 7. The highest BCUT2D eigenvalue weighted by Crippen LogP contribution is 2.35. The first-order chi connectivity index (χ1) is 19.3. The second kappa shape index (κ2) is 13.5. The summed E-state index contributed by atoms with van der Waals surface area (Å²) in [6.45, 7) is 4.54. The normalized spacial score (nSPS) is 15.2. The summed E-state index contributed by atoms with van der Waals surface area (Å²) in [5.41, 5.74) is 2.92. The molecule has 3 amide bonds.